The number of rotatable bonds is 4. The van der Waals surface area contributed by atoms with Gasteiger partial charge in [-0.15, -0.1) is 0 Å². The van der Waals surface area contributed by atoms with Crippen LogP contribution >= 0.6 is 11.6 Å². The van der Waals surface area contributed by atoms with Gasteiger partial charge in [-0.05, 0) is 18.2 Å². The van der Waals surface area contributed by atoms with Gasteiger partial charge in [-0.2, -0.15) is 18.3 Å². The molecule has 0 atom stereocenters. The fourth-order valence-corrected chi connectivity index (χ4v) is 2.10. The number of carbonyl (C=O) groups excluding carboxylic acids is 1. The Hall–Kier alpha value is -3.14. The van der Waals surface area contributed by atoms with Crippen molar-refractivity contribution in [2.24, 2.45) is 5.10 Å². The third-order valence-electron chi connectivity index (χ3n) is 3.15. The van der Waals surface area contributed by atoms with Crippen LogP contribution in [0.15, 0.2) is 41.5 Å². The molecule has 0 bridgehead atoms. The molecule has 0 aliphatic carbocycles. The van der Waals surface area contributed by atoms with Crippen molar-refractivity contribution in [1.29, 1.82) is 0 Å². The van der Waals surface area contributed by atoms with Crippen LogP contribution in [0.2, 0.25) is 5.02 Å². The number of halogens is 4. The van der Waals surface area contributed by atoms with Crippen molar-refractivity contribution in [2.75, 3.05) is 0 Å². The Morgan fingerprint density at radius 3 is 2.62 bits per heavy atom. The van der Waals surface area contributed by atoms with Crippen molar-refractivity contribution in [3.8, 4) is 5.75 Å². The van der Waals surface area contributed by atoms with E-state index in [9.17, 15) is 33.2 Å². The van der Waals surface area contributed by atoms with E-state index in [1.807, 2.05) is 5.43 Å². The molecule has 0 aromatic heterocycles. The Bertz CT molecular complexity index is 900. The first-order valence-electron chi connectivity index (χ1n) is 6.77. The first-order chi connectivity index (χ1) is 12.1. The fourth-order valence-electron chi connectivity index (χ4n) is 1.94. The summed E-state index contributed by atoms with van der Waals surface area (Å²) in [5.41, 5.74) is -0.470. The van der Waals surface area contributed by atoms with Crippen molar-refractivity contribution in [1.82, 2.24) is 5.43 Å². The van der Waals surface area contributed by atoms with Gasteiger partial charge in [0.15, 0.2) is 0 Å². The number of nitro groups is 1. The summed E-state index contributed by atoms with van der Waals surface area (Å²) in [5.74, 6) is -1.74. The number of amides is 1. The van der Waals surface area contributed by atoms with Crippen LogP contribution in [0, 0.1) is 10.1 Å². The minimum atomic E-state index is -4.78. The maximum absolute atomic E-state index is 13.0. The third kappa shape index (κ3) is 4.28. The second-order valence-corrected chi connectivity index (χ2v) is 5.27. The second kappa shape index (κ2) is 7.40. The topological polar surface area (TPSA) is 105 Å². The van der Waals surface area contributed by atoms with Crippen molar-refractivity contribution in [3.63, 3.8) is 0 Å². The van der Waals surface area contributed by atoms with E-state index in [2.05, 4.69) is 5.10 Å². The molecule has 0 heterocycles. The zero-order valence-corrected chi connectivity index (χ0v) is 13.4. The minimum Gasteiger partial charge on any atom is -0.506 e. The molecular formula is C15H9ClF3N3O4. The van der Waals surface area contributed by atoms with E-state index < -0.39 is 33.9 Å². The van der Waals surface area contributed by atoms with Crippen LogP contribution in [0.25, 0.3) is 0 Å². The fraction of sp³-hybridized carbons (Fsp3) is 0.0667. The molecule has 1 amide bonds. The summed E-state index contributed by atoms with van der Waals surface area (Å²) in [4.78, 5) is 21.8. The lowest BCUT2D eigenvalue weighted by Gasteiger charge is -2.12. The molecule has 26 heavy (non-hydrogen) atoms. The standard InChI is InChI=1S/C15H9ClF3N3O4/c16-12-5-4-11(15(17,18)19)10(13(12)23)7-20-21-14(24)8-2-1-3-9(6-8)22(25)26/h1-7,23H,(H,21,24). The lowest BCUT2D eigenvalue weighted by molar-refractivity contribution is -0.384. The molecule has 136 valence electrons. The number of hydrazone groups is 1. The molecule has 0 saturated carbocycles. The first kappa shape index (κ1) is 19.2. The summed E-state index contributed by atoms with van der Waals surface area (Å²) in [6, 6.07) is 6.20. The predicted molar refractivity (Wildman–Crippen MR) is 86.3 cm³/mol. The van der Waals surface area contributed by atoms with Gasteiger partial charge in [0, 0.05) is 17.7 Å². The molecule has 0 aliphatic rings. The zero-order valence-electron chi connectivity index (χ0n) is 12.6. The average molecular weight is 388 g/mol. The average Bonchev–Trinajstić information content (AvgIpc) is 2.57. The molecule has 2 aromatic carbocycles. The summed E-state index contributed by atoms with van der Waals surface area (Å²) < 4.78 is 38.9. The van der Waals surface area contributed by atoms with E-state index in [0.29, 0.717) is 12.3 Å². The molecule has 2 aromatic rings. The molecule has 7 nitrogen and oxygen atoms in total. The number of non-ortho nitro benzene ring substituents is 1. The SMILES string of the molecule is O=C(NN=Cc1c(C(F)(F)F)ccc(Cl)c1O)c1cccc([N+](=O)[O-])c1. The number of benzene rings is 2. The van der Waals surface area contributed by atoms with E-state index in [1.165, 1.54) is 18.2 Å². The number of nitro benzene ring substituents is 1. The summed E-state index contributed by atoms with van der Waals surface area (Å²) in [5, 5.41) is 23.4. The largest absolute Gasteiger partial charge is 0.506 e. The van der Waals surface area contributed by atoms with Gasteiger partial charge in [0.1, 0.15) is 5.75 Å². The predicted octanol–water partition coefficient (Wildman–Crippen LogP) is 3.74. The van der Waals surface area contributed by atoms with Crippen LogP contribution < -0.4 is 5.43 Å². The summed E-state index contributed by atoms with van der Waals surface area (Å²) >= 11 is 5.59. The van der Waals surface area contributed by atoms with Gasteiger partial charge in [0.2, 0.25) is 0 Å². The number of hydrogen-bond acceptors (Lipinski definition) is 5. The third-order valence-corrected chi connectivity index (χ3v) is 3.46. The van der Waals surface area contributed by atoms with E-state index in [1.54, 1.807) is 0 Å². The number of phenols is 1. The zero-order chi connectivity index (χ0) is 19.5. The highest BCUT2D eigenvalue weighted by Gasteiger charge is 2.34. The Morgan fingerprint density at radius 2 is 2.00 bits per heavy atom. The van der Waals surface area contributed by atoms with Gasteiger partial charge in [-0.3, -0.25) is 14.9 Å². The molecule has 2 rings (SSSR count). The van der Waals surface area contributed by atoms with Crippen LogP contribution in [0.5, 0.6) is 5.75 Å². The lowest BCUT2D eigenvalue weighted by Crippen LogP contribution is -2.18. The monoisotopic (exact) mass is 387 g/mol. The van der Waals surface area contributed by atoms with E-state index in [-0.39, 0.29) is 16.3 Å². The number of hydrogen-bond donors (Lipinski definition) is 2. The lowest BCUT2D eigenvalue weighted by atomic mass is 10.1. The van der Waals surface area contributed by atoms with E-state index in [4.69, 9.17) is 11.6 Å². The number of nitrogens with one attached hydrogen (secondary N) is 1. The van der Waals surface area contributed by atoms with Gasteiger partial charge in [-0.1, -0.05) is 17.7 Å². The van der Waals surface area contributed by atoms with E-state index in [0.717, 1.165) is 12.1 Å². The Kier molecular flexibility index (Phi) is 5.46. The molecular weight excluding hydrogens is 379 g/mol. The normalized spacial score (nSPS) is 11.5. The smallest absolute Gasteiger partial charge is 0.417 e. The van der Waals surface area contributed by atoms with Crippen molar-refractivity contribution < 1.29 is 28.0 Å². The summed E-state index contributed by atoms with van der Waals surface area (Å²) in [7, 11) is 0. The number of nitrogens with zero attached hydrogens (tertiary/aromatic N) is 2. The van der Waals surface area contributed by atoms with E-state index >= 15 is 0 Å². The molecule has 0 aliphatic heterocycles. The van der Waals surface area contributed by atoms with Gasteiger partial charge in [0.05, 0.1) is 27.3 Å². The summed E-state index contributed by atoms with van der Waals surface area (Å²) in [6.45, 7) is 0. The Morgan fingerprint density at radius 1 is 1.31 bits per heavy atom. The molecule has 0 unspecified atom stereocenters. The first-order valence-corrected chi connectivity index (χ1v) is 7.15. The quantitative estimate of drug-likeness (QED) is 0.473. The number of phenolic OH excluding ortho intramolecular Hbond substituents is 1. The van der Waals surface area contributed by atoms with Crippen LogP contribution in [-0.2, 0) is 6.18 Å². The van der Waals surface area contributed by atoms with Gasteiger partial charge < -0.3 is 5.11 Å². The Balaban J connectivity index is 2.26. The Labute approximate surface area is 148 Å². The molecule has 0 radical (unpaired) electrons. The molecule has 0 fully saturated rings. The molecule has 2 N–H and O–H groups in total. The van der Waals surface area contributed by atoms with Crippen molar-refractivity contribution in [2.45, 2.75) is 6.18 Å². The van der Waals surface area contributed by atoms with Gasteiger partial charge in [0.25, 0.3) is 11.6 Å². The second-order valence-electron chi connectivity index (χ2n) is 4.86. The molecule has 0 saturated heterocycles. The highest BCUT2D eigenvalue weighted by Crippen LogP contribution is 2.38. The number of aromatic hydroxyl groups is 1. The highest BCUT2D eigenvalue weighted by molar-refractivity contribution is 6.32. The maximum Gasteiger partial charge on any atom is 0.417 e. The number of carbonyl (C=O) groups is 1. The maximum atomic E-state index is 13.0. The van der Waals surface area contributed by atoms with Crippen LogP contribution in [0.1, 0.15) is 21.5 Å². The number of alkyl halides is 3. The highest BCUT2D eigenvalue weighted by atomic mass is 35.5. The van der Waals surface area contributed by atoms with Crippen LogP contribution in [0.4, 0.5) is 18.9 Å². The molecule has 11 heteroatoms. The van der Waals surface area contributed by atoms with Crippen molar-refractivity contribution in [3.05, 3.63) is 68.2 Å². The van der Waals surface area contributed by atoms with Crippen LogP contribution in [0.3, 0.4) is 0 Å². The van der Waals surface area contributed by atoms with Gasteiger partial charge in [-0.25, -0.2) is 5.43 Å². The molecule has 0 spiro atoms. The summed E-state index contributed by atoms with van der Waals surface area (Å²) in [6.07, 6.45) is -4.20. The van der Waals surface area contributed by atoms with Gasteiger partial charge >= 0.3 is 6.18 Å². The van der Waals surface area contributed by atoms with Crippen LogP contribution in [-0.4, -0.2) is 22.2 Å². The van der Waals surface area contributed by atoms with Crippen molar-refractivity contribution >= 4 is 29.4 Å². The minimum absolute atomic E-state index is 0.122.